The standard InChI is InChI=1S/C24H18Cl2N6O2/c25-20-2-1-3-21(26)22(20)14(8-27)6-16-10-29-23-19(16)7-15(9-28-23)17-11-30-32(12-17)18-4-5-31(13-18)24(33)34/h1-3,6-7,9-12,18H,4-5,13H2,(H,28,29)(H,33,34). The second-order valence-electron chi connectivity index (χ2n) is 8.01. The molecule has 1 aliphatic heterocycles. The first-order chi connectivity index (χ1) is 16.4. The summed E-state index contributed by atoms with van der Waals surface area (Å²) in [6.45, 7) is 0.917. The molecule has 1 saturated heterocycles. The Kier molecular flexibility index (Phi) is 5.74. The third-order valence-corrected chi connectivity index (χ3v) is 6.59. The number of nitrogens with one attached hydrogen (secondary N) is 1. The first-order valence-corrected chi connectivity index (χ1v) is 11.3. The van der Waals surface area contributed by atoms with Gasteiger partial charge in [-0.3, -0.25) is 4.68 Å². The SMILES string of the molecule is N#CC(=Cc1c[nH]c2ncc(-c3cnn(C4CCN(C(=O)O)C4)c3)cc12)c1c(Cl)cccc1Cl. The van der Waals surface area contributed by atoms with E-state index >= 15 is 0 Å². The molecule has 0 bridgehead atoms. The first kappa shape index (κ1) is 22.0. The van der Waals surface area contributed by atoms with Gasteiger partial charge in [-0.1, -0.05) is 29.3 Å². The molecular formula is C24H18Cl2N6O2. The molecule has 5 rings (SSSR count). The van der Waals surface area contributed by atoms with Gasteiger partial charge in [0, 0.05) is 59.3 Å². The number of halogens is 2. The molecule has 4 aromatic rings. The predicted molar refractivity (Wildman–Crippen MR) is 131 cm³/mol. The number of carboxylic acid groups (broad SMARTS) is 1. The Labute approximate surface area is 204 Å². The summed E-state index contributed by atoms with van der Waals surface area (Å²) in [6.07, 6.45) is 8.74. The zero-order valence-corrected chi connectivity index (χ0v) is 19.3. The number of hydrogen-bond acceptors (Lipinski definition) is 4. The molecule has 1 fully saturated rings. The van der Waals surface area contributed by atoms with Crippen molar-refractivity contribution in [1.29, 1.82) is 5.26 Å². The van der Waals surface area contributed by atoms with Gasteiger partial charge in [-0.25, -0.2) is 9.78 Å². The third kappa shape index (κ3) is 4.00. The van der Waals surface area contributed by atoms with E-state index in [4.69, 9.17) is 23.2 Å². The molecule has 0 aliphatic carbocycles. The number of H-pyrrole nitrogens is 1. The van der Waals surface area contributed by atoms with Gasteiger partial charge in [0.1, 0.15) is 5.65 Å². The van der Waals surface area contributed by atoms with E-state index in [1.165, 1.54) is 4.90 Å². The number of benzene rings is 1. The number of nitriles is 1. The van der Waals surface area contributed by atoms with Crippen molar-refractivity contribution in [2.75, 3.05) is 13.1 Å². The van der Waals surface area contributed by atoms with E-state index in [0.29, 0.717) is 39.9 Å². The summed E-state index contributed by atoms with van der Waals surface area (Å²) in [6, 6.07) is 9.30. The van der Waals surface area contributed by atoms with Crippen LogP contribution in [0.5, 0.6) is 0 Å². The molecule has 0 spiro atoms. The average molecular weight is 493 g/mol. The van der Waals surface area contributed by atoms with Gasteiger partial charge in [-0.15, -0.1) is 0 Å². The van der Waals surface area contributed by atoms with Gasteiger partial charge in [-0.2, -0.15) is 10.4 Å². The second-order valence-corrected chi connectivity index (χ2v) is 8.83. The van der Waals surface area contributed by atoms with Gasteiger partial charge in [0.25, 0.3) is 0 Å². The Morgan fingerprint density at radius 1 is 1.26 bits per heavy atom. The van der Waals surface area contributed by atoms with Crippen LogP contribution >= 0.6 is 23.2 Å². The normalized spacial score (nSPS) is 16.2. The number of fused-ring (bicyclic) bond motifs is 1. The van der Waals surface area contributed by atoms with Crippen molar-refractivity contribution in [1.82, 2.24) is 24.6 Å². The Morgan fingerprint density at radius 2 is 2.06 bits per heavy atom. The summed E-state index contributed by atoms with van der Waals surface area (Å²) in [5.74, 6) is 0. The van der Waals surface area contributed by atoms with Crippen LogP contribution in [-0.2, 0) is 0 Å². The van der Waals surface area contributed by atoms with Crippen LogP contribution < -0.4 is 0 Å². The number of aromatic nitrogens is 4. The minimum atomic E-state index is -0.910. The van der Waals surface area contributed by atoms with E-state index in [1.54, 1.807) is 42.9 Å². The molecular weight excluding hydrogens is 475 g/mol. The van der Waals surface area contributed by atoms with Crippen molar-refractivity contribution >= 4 is 52.0 Å². The molecule has 4 heterocycles. The lowest BCUT2D eigenvalue weighted by atomic mass is 10.0. The van der Waals surface area contributed by atoms with Crippen molar-refractivity contribution in [2.45, 2.75) is 12.5 Å². The van der Waals surface area contributed by atoms with Crippen LogP contribution in [0, 0.1) is 11.3 Å². The zero-order chi connectivity index (χ0) is 23.8. The fourth-order valence-corrected chi connectivity index (χ4v) is 4.79. The van der Waals surface area contributed by atoms with Gasteiger partial charge >= 0.3 is 6.09 Å². The summed E-state index contributed by atoms with van der Waals surface area (Å²) in [7, 11) is 0. The van der Waals surface area contributed by atoms with Gasteiger partial charge in [0.05, 0.1) is 33.9 Å². The summed E-state index contributed by atoms with van der Waals surface area (Å²) < 4.78 is 1.81. The topological polar surface area (TPSA) is 111 Å². The first-order valence-electron chi connectivity index (χ1n) is 10.5. The molecule has 0 saturated carbocycles. The number of amides is 1. The van der Waals surface area contributed by atoms with E-state index in [2.05, 4.69) is 21.1 Å². The van der Waals surface area contributed by atoms with E-state index in [1.807, 2.05) is 16.9 Å². The van der Waals surface area contributed by atoms with Crippen molar-refractivity contribution in [2.24, 2.45) is 0 Å². The van der Waals surface area contributed by atoms with Crippen LogP contribution in [0.3, 0.4) is 0 Å². The molecule has 1 atom stereocenters. The fourth-order valence-electron chi connectivity index (χ4n) is 4.19. The summed E-state index contributed by atoms with van der Waals surface area (Å²) in [5.41, 5.74) is 4.01. The zero-order valence-electron chi connectivity index (χ0n) is 17.7. The average Bonchev–Trinajstić information content (AvgIpc) is 3.57. The molecule has 1 unspecified atom stereocenters. The van der Waals surface area contributed by atoms with E-state index < -0.39 is 6.09 Å². The van der Waals surface area contributed by atoms with E-state index in [-0.39, 0.29) is 6.04 Å². The molecule has 0 radical (unpaired) electrons. The maximum atomic E-state index is 11.2. The number of allylic oxidation sites excluding steroid dienone is 1. The monoisotopic (exact) mass is 492 g/mol. The molecule has 1 aromatic carbocycles. The third-order valence-electron chi connectivity index (χ3n) is 5.96. The largest absolute Gasteiger partial charge is 0.465 e. The van der Waals surface area contributed by atoms with Gasteiger partial charge in [0.15, 0.2) is 0 Å². The smallest absolute Gasteiger partial charge is 0.407 e. The fraction of sp³-hybridized carbons (Fsp3) is 0.167. The van der Waals surface area contributed by atoms with Crippen LogP contribution in [0.25, 0.3) is 33.8 Å². The molecule has 8 nitrogen and oxygen atoms in total. The molecule has 1 aliphatic rings. The van der Waals surface area contributed by atoms with Crippen LogP contribution in [0.4, 0.5) is 4.79 Å². The number of rotatable bonds is 4. The number of likely N-dealkylation sites (tertiary alicyclic amines) is 1. The quantitative estimate of drug-likeness (QED) is 0.353. The highest BCUT2D eigenvalue weighted by Gasteiger charge is 2.27. The van der Waals surface area contributed by atoms with Crippen LogP contribution in [0.1, 0.15) is 23.6 Å². The maximum absolute atomic E-state index is 11.2. The van der Waals surface area contributed by atoms with E-state index in [0.717, 1.165) is 28.5 Å². The molecule has 1 amide bonds. The molecule has 170 valence electrons. The van der Waals surface area contributed by atoms with Crippen LogP contribution in [0.15, 0.2) is 49.1 Å². The molecule has 3 aromatic heterocycles. The van der Waals surface area contributed by atoms with Gasteiger partial charge < -0.3 is 15.0 Å². The Morgan fingerprint density at radius 3 is 2.76 bits per heavy atom. The summed E-state index contributed by atoms with van der Waals surface area (Å²) in [5, 5.41) is 25.1. The van der Waals surface area contributed by atoms with Crippen molar-refractivity contribution in [3.05, 3.63) is 70.2 Å². The van der Waals surface area contributed by atoms with Gasteiger partial charge in [0.2, 0.25) is 0 Å². The van der Waals surface area contributed by atoms with Crippen LogP contribution in [0.2, 0.25) is 10.0 Å². The number of pyridine rings is 1. The summed E-state index contributed by atoms with van der Waals surface area (Å²) in [4.78, 5) is 20.3. The van der Waals surface area contributed by atoms with Gasteiger partial charge in [-0.05, 0) is 30.7 Å². The lowest BCUT2D eigenvalue weighted by Crippen LogP contribution is -2.27. The Hall–Kier alpha value is -3.80. The number of aromatic amines is 1. The minimum Gasteiger partial charge on any atom is -0.465 e. The lowest BCUT2D eigenvalue weighted by Gasteiger charge is -2.12. The Balaban J connectivity index is 1.49. The minimum absolute atomic E-state index is 0.00542. The van der Waals surface area contributed by atoms with Crippen LogP contribution in [-0.4, -0.2) is 48.9 Å². The second kappa shape index (κ2) is 8.86. The highest BCUT2D eigenvalue weighted by Crippen LogP contribution is 2.34. The van der Waals surface area contributed by atoms with Crippen molar-refractivity contribution in [3.8, 4) is 17.2 Å². The number of nitrogens with zero attached hydrogens (tertiary/aromatic N) is 5. The lowest BCUT2D eigenvalue weighted by molar-refractivity contribution is 0.154. The highest BCUT2D eigenvalue weighted by atomic mass is 35.5. The number of hydrogen-bond donors (Lipinski definition) is 2. The highest BCUT2D eigenvalue weighted by molar-refractivity contribution is 6.38. The van der Waals surface area contributed by atoms with E-state index in [9.17, 15) is 15.2 Å². The summed E-state index contributed by atoms with van der Waals surface area (Å²) >= 11 is 12.6. The van der Waals surface area contributed by atoms with Crippen molar-refractivity contribution < 1.29 is 9.90 Å². The van der Waals surface area contributed by atoms with Crippen molar-refractivity contribution in [3.63, 3.8) is 0 Å². The molecule has 2 N–H and O–H groups in total. The predicted octanol–water partition coefficient (Wildman–Crippen LogP) is 5.72. The maximum Gasteiger partial charge on any atom is 0.407 e. The molecule has 34 heavy (non-hydrogen) atoms. The number of carbonyl (C=O) groups is 1. The Bertz CT molecular complexity index is 1460. The molecule has 10 heteroatoms.